The van der Waals surface area contributed by atoms with Gasteiger partial charge in [0, 0.05) is 11.6 Å². The molecule has 1 nitrogen and oxygen atoms in total. The topological polar surface area (TPSA) is 12.0 Å². The Labute approximate surface area is 114 Å². The Kier molecular flexibility index (Phi) is 4.24. The fourth-order valence-corrected chi connectivity index (χ4v) is 2.95. The first-order valence-electron chi connectivity index (χ1n) is 7.15. The quantitative estimate of drug-likeness (QED) is 0.802. The third-order valence-corrected chi connectivity index (χ3v) is 4.04. The number of fused-ring (bicyclic) bond motifs is 1. The van der Waals surface area contributed by atoms with Crippen LogP contribution in [0, 0.1) is 17.0 Å². The van der Waals surface area contributed by atoms with E-state index < -0.39 is 0 Å². The zero-order valence-corrected chi connectivity index (χ0v) is 12.0. The Morgan fingerprint density at radius 2 is 1.95 bits per heavy atom. The predicted molar refractivity (Wildman–Crippen MR) is 74.1 cm³/mol. The molecular formula is C16H23F2N. The van der Waals surface area contributed by atoms with E-state index in [1.54, 1.807) is 0 Å². The van der Waals surface area contributed by atoms with Gasteiger partial charge in [-0.1, -0.05) is 20.8 Å². The third-order valence-electron chi connectivity index (χ3n) is 4.04. The molecule has 0 radical (unpaired) electrons. The molecule has 1 aliphatic carbocycles. The standard InChI is InChI=1S/C16H23F2N/c1-4-9-19-14-10-16(2,3)8-7-11-12(17)5-6-13(18)15(11)14/h5-6,14,19H,4,7-10H2,1-3H3. The van der Waals surface area contributed by atoms with Gasteiger partial charge in [-0.2, -0.15) is 0 Å². The van der Waals surface area contributed by atoms with Gasteiger partial charge in [0.15, 0.2) is 0 Å². The lowest BCUT2D eigenvalue weighted by atomic mass is 9.83. The van der Waals surface area contributed by atoms with Crippen molar-refractivity contribution in [1.82, 2.24) is 5.32 Å². The zero-order chi connectivity index (χ0) is 14.0. The maximum Gasteiger partial charge on any atom is 0.128 e. The minimum absolute atomic E-state index is 0.0804. The van der Waals surface area contributed by atoms with Crippen molar-refractivity contribution in [2.45, 2.75) is 52.5 Å². The Hall–Kier alpha value is -0.960. The summed E-state index contributed by atoms with van der Waals surface area (Å²) in [5, 5.41) is 3.38. The van der Waals surface area contributed by atoms with Crippen LogP contribution in [-0.2, 0) is 6.42 Å². The van der Waals surface area contributed by atoms with E-state index in [0.29, 0.717) is 17.5 Å². The Bertz CT molecular complexity index is 454. The van der Waals surface area contributed by atoms with Gasteiger partial charge >= 0.3 is 0 Å². The third kappa shape index (κ3) is 3.14. The van der Waals surface area contributed by atoms with E-state index >= 15 is 0 Å². The number of benzene rings is 1. The van der Waals surface area contributed by atoms with Gasteiger partial charge < -0.3 is 5.32 Å². The maximum absolute atomic E-state index is 14.2. The van der Waals surface area contributed by atoms with Crippen molar-refractivity contribution < 1.29 is 8.78 Å². The number of hydrogen-bond acceptors (Lipinski definition) is 1. The highest BCUT2D eigenvalue weighted by Crippen LogP contribution is 2.41. The highest BCUT2D eigenvalue weighted by atomic mass is 19.1. The second-order valence-electron chi connectivity index (χ2n) is 6.30. The summed E-state index contributed by atoms with van der Waals surface area (Å²) in [6.07, 6.45) is 3.35. The molecule has 0 saturated heterocycles. The van der Waals surface area contributed by atoms with E-state index in [1.165, 1.54) is 12.1 Å². The van der Waals surface area contributed by atoms with Crippen LogP contribution < -0.4 is 5.32 Å². The second-order valence-corrected chi connectivity index (χ2v) is 6.30. The van der Waals surface area contributed by atoms with Gasteiger partial charge in [0.25, 0.3) is 0 Å². The molecule has 0 amide bonds. The van der Waals surface area contributed by atoms with Crippen LogP contribution in [0.3, 0.4) is 0 Å². The summed E-state index contributed by atoms with van der Waals surface area (Å²) in [5.74, 6) is -0.542. The van der Waals surface area contributed by atoms with Crippen molar-refractivity contribution in [3.63, 3.8) is 0 Å². The minimum atomic E-state index is -0.275. The SMILES string of the molecule is CCCNC1CC(C)(C)CCc2c(F)ccc(F)c21. The fourth-order valence-electron chi connectivity index (χ4n) is 2.95. The summed E-state index contributed by atoms with van der Waals surface area (Å²) in [4.78, 5) is 0. The van der Waals surface area contributed by atoms with Crippen LogP contribution in [0.1, 0.15) is 57.2 Å². The molecule has 0 bridgehead atoms. The molecule has 0 fully saturated rings. The number of hydrogen-bond donors (Lipinski definition) is 1. The average Bonchev–Trinajstić information content (AvgIpc) is 2.48. The van der Waals surface area contributed by atoms with Crippen molar-refractivity contribution in [3.05, 3.63) is 34.9 Å². The summed E-state index contributed by atoms with van der Waals surface area (Å²) < 4.78 is 28.1. The maximum atomic E-state index is 14.2. The first-order valence-corrected chi connectivity index (χ1v) is 7.15. The summed E-state index contributed by atoms with van der Waals surface area (Å²) in [6, 6.07) is 2.43. The molecule has 1 aromatic rings. The minimum Gasteiger partial charge on any atom is -0.310 e. The molecule has 0 aromatic heterocycles. The Balaban J connectivity index is 2.43. The molecule has 106 valence electrons. The van der Waals surface area contributed by atoms with Crippen LogP contribution in [-0.4, -0.2) is 6.54 Å². The zero-order valence-electron chi connectivity index (χ0n) is 12.0. The first-order chi connectivity index (χ1) is 8.94. The van der Waals surface area contributed by atoms with E-state index in [4.69, 9.17) is 0 Å². The van der Waals surface area contributed by atoms with Gasteiger partial charge in [-0.3, -0.25) is 0 Å². The Morgan fingerprint density at radius 1 is 1.26 bits per heavy atom. The van der Waals surface area contributed by atoms with Crippen LogP contribution in [0.25, 0.3) is 0 Å². The Morgan fingerprint density at radius 3 is 2.63 bits per heavy atom. The molecule has 0 aliphatic heterocycles. The number of halogens is 2. The highest BCUT2D eigenvalue weighted by Gasteiger charge is 2.32. The van der Waals surface area contributed by atoms with E-state index in [-0.39, 0.29) is 23.1 Å². The molecule has 0 spiro atoms. The van der Waals surface area contributed by atoms with Crippen LogP contribution in [0.4, 0.5) is 8.78 Å². The number of rotatable bonds is 3. The van der Waals surface area contributed by atoms with Crippen LogP contribution >= 0.6 is 0 Å². The van der Waals surface area contributed by atoms with Crippen LogP contribution in [0.15, 0.2) is 12.1 Å². The summed E-state index contributed by atoms with van der Waals surface area (Å²) in [6.45, 7) is 7.26. The molecule has 1 atom stereocenters. The molecule has 1 unspecified atom stereocenters. The lowest BCUT2D eigenvalue weighted by molar-refractivity contribution is 0.271. The lowest BCUT2D eigenvalue weighted by Crippen LogP contribution is -2.27. The molecule has 2 rings (SSSR count). The van der Waals surface area contributed by atoms with Crippen molar-refractivity contribution in [2.24, 2.45) is 5.41 Å². The largest absolute Gasteiger partial charge is 0.310 e. The molecule has 3 heteroatoms. The van der Waals surface area contributed by atoms with Crippen molar-refractivity contribution >= 4 is 0 Å². The lowest BCUT2D eigenvalue weighted by Gasteiger charge is -2.28. The molecule has 0 heterocycles. The smallest absolute Gasteiger partial charge is 0.128 e. The van der Waals surface area contributed by atoms with Gasteiger partial charge in [-0.25, -0.2) is 8.78 Å². The summed E-state index contributed by atoms with van der Waals surface area (Å²) in [5.41, 5.74) is 1.22. The molecule has 1 aliphatic rings. The van der Waals surface area contributed by atoms with Crippen molar-refractivity contribution in [2.75, 3.05) is 6.54 Å². The van der Waals surface area contributed by atoms with Gasteiger partial charge in [0.2, 0.25) is 0 Å². The number of nitrogens with one attached hydrogen (secondary N) is 1. The van der Waals surface area contributed by atoms with E-state index in [2.05, 4.69) is 26.1 Å². The molecule has 1 aromatic carbocycles. The van der Waals surface area contributed by atoms with Gasteiger partial charge in [0.1, 0.15) is 11.6 Å². The first kappa shape index (κ1) is 14.4. The van der Waals surface area contributed by atoms with Crippen molar-refractivity contribution in [1.29, 1.82) is 0 Å². The monoisotopic (exact) mass is 267 g/mol. The van der Waals surface area contributed by atoms with E-state index in [1.807, 2.05) is 0 Å². The van der Waals surface area contributed by atoms with E-state index in [0.717, 1.165) is 25.8 Å². The molecular weight excluding hydrogens is 244 g/mol. The van der Waals surface area contributed by atoms with Gasteiger partial charge in [-0.15, -0.1) is 0 Å². The molecule has 1 N–H and O–H groups in total. The predicted octanol–water partition coefficient (Wildman–Crippen LogP) is 4.37. The van der Waals surface area contributed by atoms with Crippen LogP contribution in [0.2, 0.25) is 0 Å². The highest BCUT2D eigenvalue weighted by molar-refractivity contribution is 5.34. The van der Waals surface area contributed by atoms with Crippen molar-refractivity contribution in [3.8, 4) is 0 Å². The van der Waals surface area contributed by atoms with Crippen LogP contribution in [0.5, 0.6) is 0 Å². The van der Waals surface area contributed by atoms with E-state index in [9.17, 15) is 8.78 Å². The summed E-state index contributed by atoms with van der Waals surface area (Å²) in [7, 11) is 0. The van der Waals surface area contributed by atoms with Gasteiger partial charge in [0.05, 0.1) is 0 Å². The molecule has 0 saturated carbocycles. The fraction of sp³-hybridized carbons (Fsp3) is 0.625. The summed E-state index contributed by atoms with van der Waals surface area (Å²) >= 11 is 0. The normalized spacial score (nSPS) is 21.8. The molecule has 19 heavy (non-hydrogen) atoms. The average molecular weight is 267 g/mol. The second kappa shape index (κ2) is 5.58. The van der Waals surface area contributed by atoms with Gasteiger partial charge in [-0.05, 0) is 55.3 Å².